The zero-order chi connectivity index (χ0) is 22.2. The quantitative estimate of drug-likeness (QED) is 0.434. The van der Waals surface area contributed by atoms with Crippen LogP contribution < -0.4 is 15.6 Å². The Kier molecular flexibility index (Phi) is 4.89. The predicted octanol–water partition coefficient (Wildman–Crippen LogP) is 2.74. The van der Waals surface area contributed by atoms with E-state index in [1.54, 1.807) is 24.9 Å². The van der Waals surface area contributed by atoms with E-state index in [0.29, 0.717) is 18.5 Å². The standard InChI is InChI=1S/C24H23N5O3/c1-28-24(31)23-19(13-27-28)17-5-3-4-6-21(17)29(23)14-22(30)25-10-9-15-12-26-20-8-7-16(32-2)11-18(15)20/h3-8,11-13,26H,9-10,14H2,1-2H3,(H,25,30). The van der Waals surface area contributed by atoms with Gasteiger partial charge in [0.1, 0.15) is 17.8 Å². The van der Waals surface area contributed by atoms with E-state index >= 15 is 0 Å². The van der Waals surface area contributed by atoms with Gasteiger partial charge in [-0.15, -0.1) is 0 Å². The first-order valence-corrected chi connectivity index (χ1v) is 10.4. The number of aromatic nitrogens is 4. The van der Waals surface area contributed by atoms with E-state index in [9.17, 15) is 9.59 Å². The van der Waals surface area contributed by atoms with Gasteiger partial charge in [0.2, 0.25) is 5.91 Å². The lowest BCUT2D eigenvalue weighted by molar-refractivity contribution is -0.121. The number of hydrogen-bond acceptors (Lipinski definition) is 4. The Labute approximate surface area is 183 Å². The molecule has 32 heavy (non-hydrogen) atoms. The maximum Gasteiger partial charge on any atom is 0.291 e. The van der Waals surface area contributed by atoms with E-state index in [4.69, 9.17) is 4.74 Å². The van der Waals surface area contributed by atoms with Crippen LogP contribution in [-0.4, -0.2) is 38.9 Å². The Bertz CT molecular complexity index is 1530. The lowest BCUT2D eigenvalue weighted by Gasteiger charge is -2.09. The molecular formula is C24H23N5O3. The zero-order valence-corrected chi connectivity index (χ0v) is 17.9. The van der Waals surface area contributed by atoms with Crippen molar-refractivity contribution in [3.8, 4) is 5.75 Å². The van der Waals surface area contributed by atoms with E-state index in [1.807, 2.05) is 48.7 Å². The van der Waals surface area contributed by atoms with Crippen molar-refractivity contribution in [2.75, 3.05) is 13.7 Å². The lowest BCUT2D eigenvalue weighted by Crippen LogP contribution is -2.30. The first-order valence-electron chi connectivity index (χ1n) is 10.4. The van der Waals surface area contributed by atoms with Crippen LogP contribution in [0.1, 0.15) is 5.56 Å². The molecule has 0 aliphatic carbocycles. The van der Waals surface area contributed by atoms with Crippen molar-refractivity contribution in [3.05, 3.63) is 70.8 Å². The monoisotopic (exact) mass is 429 g/mol. The number of nitrogens with zero attached hydrogens (tertiary/aromatic N) is 3. The number of nitrogens with one attached hydrogen (secondary N) is 2. The van der Waals surface area contributed by atoms with Gasteiger partial charge in [-0.3, -0.25) is 9.59 Å². The minimum atomic E-state index is -0.223. The fourth-order valence-corrected chi connectivity index (χ4v) is 4.23. The summed E-state index contributed by atoms with van der Waals surface area (Å²) in [7, 11) is 3.26. The van der Waals surface area contributed by atoms with Gasteiger partial charge >= 0.3 is 0 Å². The smallest absolute Gasteiger partial charge is 0.291 e. The van der Waals surface area contributed by atoms with Gasteiger partial charge in [-0.05, 0) is 36.2 Å². The lowest BCUT2D eigenvalue weighted by atomic mass is 10.1. The second kappa shape index (κ2) is 7.88. The number of rotatable bonds is 6. The first kappa shape index (κ1) is 19.9. The van der Waals surface area contributed by atoms with Crippen LogP contribution in [-0.2, 0) is 24.8 Å². The number of para-hydroxylation sites is 1. The molecule has 0 spiro atoms. The molecule has 0 unspecified atom stereocenters. The number of carbonyl (C=O) groups is 1. The third kappa shape index (κ3) is 3.30. The average molecular weight is 429 g/mol. The summed E-state index contributed by atoms with van der Waals surface area (Å²) in [4.78, 5) is 28.8. The molecule has 0 bridgehead atoms. The number of aromatic amines is 1. The third-order valence-electron chi connectivity index (χ3n) is 5.86. The summed E-state index contributed by atoms with van der Waals surface area (Å²) in [6.45, 7) is 0.546. The van der Waals surface area contributed by atoms with Gasteiger partial charge in [-0.25, -0.2) is 4.68 Å². The highest BCUT2D eigenvalue weighted by molar-refractivity contribution is 6.07. The second-order valence-electron chi connectivity index (χ2n) is 7.76. The highest BCUT2D eigenvalue weighted by atomic mass is 16.5. The molecule has 0 radical (unpaired) electrons. The molecule has 5 rings (SSSR count). The molecule has 8 heteroatoms. The van der Waals surface area contributed by atoms with E-state index in [-0.39, 0.29) is 18.0 Å². The maximum atomic E-state index is 12.8. The van der Waals surface area contributed by atoms with Crippen molar-refractivity contribution in [2.24, 2.45) is 7.05 Å². The van der Waals surface area contributed by atoms with Crippen LogP contribution in [0.4, 0.5) is 0 Å². The number of fused-ring (bicyclic) bond motifs is 4. The summed E-state index contributed by atoms with van der Waals surface area (Å²) < 4.78 is 8.39. The van der Waals surface area contributed by atoms with Gasteiger partial charge in [0.05, 0.1) is 13.3 Å². The summed E-state index contributed by atoms with van der Waals surface area (Å²) in [5.74, 6) is 0.647. The molecule has 0 atom stereocenters. The molecule has 0 fully saturated rings. The van der Waals surface area contributed by atoms with Gasteiger partial charge < -0.3 is 19.6 Å². The molecule has 3 aromatic heterocycles. The van der Waals surface area contributed by atoms with Crippen molar-refractivity contribution < 1.29 is 9.53 Å². The maximum absolute atomic E-state index is 12.8. The fourth-order valence-electron chi connectivity index (χ4n) is 4.23. The SMILES string of the molecule is COc1ccc2[nH]cc(CCNC(=O)Cn3c4ccccc4c4cnn(C)c(=O)c43)c2c1. The highest BCUT2D eigenvalue weighted by Crippen LogP contribution is 2.26. The minimum Gasteiger partial charge on any atom is -0.497 e. The third-order valence-corrected chi connectivity index (χ3v) is 5.86. The van der Waals surface area contributed by atoms with Crippen molar-refractivity contribution in [1.82, 2.24) is 24.6 Å². The van der Waals surface area contributed by atoms with Crippen LogP contribution in [0.5, 0.6) is 5.75 Å². The van der Waals surface area contributed by atoms with Crippen molar-refractivity contribution in [3.63, 3.8) is 0 Å². The Morgan fingerprint density at radius 1 is 1.16 bits per heavy atom. The Hall–Kier alpha value is -4.07. The molecule has 0 saturated carbocycles. The van der Waals surface area contributed by atoms with Crippen molar-refractivity contribution in [2.45, 2.75) is 13.0 Å². The van der Waals surface area contributed by atoms with Crippen LogP contribution in [0, 0.1) is 0 Å². The van der Waals surface area contributed by atoms with Gasteiger partial charge in [-0.2, -0.15) is 5.10 Å². The largest absolute Gasteiger partial charge is 0.497 e. The molecule has 0 aliphatic rings. The number of H-pyrrole nitrogens is 1. The number of carbonyl (C=O) groups excluding carboxylic acids is 1. The number of aryl methyl sites for hydroxylation is 1. The molecule has 3 heterocycles. The molecular weight excluding hydrogens is 406 g/mol. The summed E-state index contributed by atoms with van der Waals surface area (Å²) >= 11 is 0. The van der Waals surface area contributed by atoms with Crippen molar-refractivity contribution >= 4 is 38.6 Å². The van der Waals surface area contributed by atoms with E-state index in [1.165, 1.54) is 4.68 Å². The second-order valence-corrected chi connectivity index (χ2v) is 7.76. The van der Waals surface area contributed by atoms with Gasteiger partial charge in [-0.1, -0.05) is 18.2 Å². The van der Waals surface area contributed by atoms with E-state index in [2.05, 4.69) is 15.4 Å². The molecule has 162 valence electrons. The molecule has 1 amide bonds. The molecule has 2 aromatic carbocycles. The minimum absolute atomic E-state index is 0.0605. The highest BCUT2D eigenvalue weighted by Gasteiger charge is 2.17. The molecule has 0 aliphatic heterocycles. The Morgan fingerprint density at radius 2 is 2.00 bits per heavy atom. The first-order chi connectivity index (χ1) is 15.6. The average Bonchev–Trinajstić information content (AvgIpc) is 3.35. The van der Waals surface area contributed by atoms with Crippen LogP contribution in [0.15, 0.2) is 59.7 Å². The Balaban J connectivity index is 1.37. The van der Waals surface area contributed by atoms with Crippen molar-refractivity contribution in [1.29, 1.82) is 0 Å². The molecule has 8 nitrogen and oxygen atoms in total. The zero-order valence-electron chi connectivity index (χ0n) is 17.9. The number of hydrogen-bond donors (Lipinski definition) is 2. The van der Waals surface area contributed by atoms with Gasteiger partial charge in [0.15, 0.2) is 0 Å². The summed E-state index contributed by atoms with van der Waals surface area (Å²) in [6.07, 6.45) is 4.32. The summed E-state index contributed by atoms with van der Waals surface area (Å²) in [5, 5.41) is 9.87. The fraction of sp³-hybridized carbons (Fsp3) is 0.208. The molecule has 5 aromatic rings. The van der Waals surface area contributed by atoms with Crippen LogP contribution in [0.2, 0.25) is 0 Å². The Morgan fingerprint density at radius 3 is 2.84 bits per heavy atom. The molecule has 0 saturated heterocycles. The van der Waals surface area contributed by atoms with E-state index in [0.717, 1.165) is 38.5 Å². The number of ether oxygens (including phenoxy) is 1. The van der Waals surface area contributed by atoms with Crippen LogP contribution in [0.3, 0.4) is 0 Å². The number of methoxy groups -OCH3 is 1. The normalized spacial score (nSPS) is 11.4. The topological polar surface area (TPSA) is 93.9 Å². The summed E-state index contributed by atoms with van der Waals surface area (Å²) in [6, 6.07) is 13.6. The van der Waals surface area contributed by atoms with Crippen LogP contribution in [0.25, 0.3) is 32.7 Å². The number of benzene rings is 2. The van der Waals surface area contributed by atoms with Gasteiger partial charge in [0.25, 0.3) is 5.56 Å². The summed E-state index contributed by atoms with van der Waals surface area (Å²) in [5.41, 5.74) is 3.24. The predicted molar refractivity (Wildman–Crippen MR) is 124 cm³/mol. The van der Waals surface area contributed by atoms with Gasteiger partial charge in [0, 0.05) is 47.0 Å². The van der Waals surface area contributed by atoms with E-state index < -0.39 is 0 Å². The van der Waals surface area contributed by atoms with Crippen LogP contribution >= 0.6 is 0 Å². The number of amides is 1. The molecule has 2 N–H and O–H groups in total.